The minimum absolute atomic E-state index is 0.295. The van der Waals surface area contributed by atoms with E-state index in [9.17, 15) is 4.79 Å². The minimum Gasteiger partial charge on any atom is -0.496 e. The van der Waals surface area contributed by atoms with Gasteiger partial charge >= 0.3 is 0 Å². The Balaban J connectivity index is 1.63. The molecule has 0 spiro atoms. The highest BCUT2D eigenvalue weighted by molar-refractivity contribution is 5.88. The number of furan rings is 1. The molecule has 0 saturated heterocycles. The lowest BCUT2D eigenvalue weighted by molar-refractivity contribution is 0.363. The quantitative estimate of drug-likeness (QED) is 0.249. The van der Waals surface area contributed by atoms with Gasteiger partial charge in [0.05, 0.1) is 29.6 Å². The van der Waals surface area contributed by atoms with Gasteiger partial charge in [-0.05, 0) is 60.2 Å². The van der Waals surface area contributed by atoms with Crippen LogP contribution in [-0.4, -0.2) is 29.6 Å². The molecule has 0 saturated carbocycles. The third-order valence-electron chi connectivity index (χ3n) is 5.29. The fraction of sp³-hybridized carbons (Fsp3) is 0.0741. The topological polar surface area (TPSA) is 78.8 Å². The Kier molecular flexibility index (Phi) is 5.66. The van der Waals surface area contributed by atoms with Gasteiger partial charge in [-0.3, -0.25) is 4.79 Å². The number of para-hydroxylation sites is 1. The van der Waals surface area contributed by atoms with Crippen LogP contribution in [0.5, 0.6) is 11.5 Å². The van der Waals surface area contributed by atoms with Crippen molar-refractivity contribution in [1.29, 1.82) is 0 Å². The zero-order valence-corrected chi connectivity index (χ0v) is 18.5. The second kappa shape index (κ2) is 9.07. The molecule has 0 bridgehead atoms. The molecular weight excluding hydrogens is 430 g/mol. The summed E-state index contributed by atoms with van der Waals surface area (Å²) in [6.07, 6.45) is 3.28. The van der Waals surface area contributed by atoms with E-state index in [1.54, 1.807) is 37.6 Å². The van der Waals surface area contributed by atoms with Crippen molar-refractivity contribution in [3.05, 3.63) is 101 Å². The molecule has 0 aliphatic rings. The van der Waals surface area contributed by atoms with Gasteiger partial charge in [0.2, 0.25) is 5.82 Å². The molecule has 2 aromatic heterocycles. The molecule has 0 N–H and O–H groups in total. The Labute approximate surface area is 195 Å². The summed E-state index contributed by atoms with van der Waals surface area (Å²) < 4.78 is 18.3. The van der Waals surface area contributed by atoms with E-state index < -0.39 is 0 Å². The first-order valence-electron chi connectivity index (χ1n) is 10.6. The van der Waals surface area contributed by atoms with E-state index >= 15 is 0 Å². The second-order valence-corrected chi connectivity index (χ2v) is 7.47. The van der Waals surface area contributed by atoms with Gasteiger partial charge in [0.25, 0.3) is 5.56 Å². The summed E-state index contributed by atoms with van der Waals surface area (Å²) >= 11 is 0. The van der Waals surface area contributed by atoms with Crippen LogP contribution in [0.25, 0.3) is 33.5 Å². The molecule has 5 rings (SSSR count). The Morgan fingerprint density at radius 1 is 1.06 bits per heavy atom. The third-order valence-corrected chi connectivity index (χ3v) is 5.29. The predicted octanol–water partition coefficient (Wildman–Crippen LogP) is 5.27. The van der Waals surface area contributed by atoms with Gasteiger partial charge in [0.15, 0.2) is 5.76 Å². The monoisotopic (exact) mass is 451 g/mol. The summed E-state index contributed by atoms with van der Waals surface area (Å²) in [5, 5.41) is 5.72. The Morgan fingerprint density at radius 2 is 1.88 bits per heavy atom. The largest absolute Gasteiger partial charge is 0.496 e. The molecule has 0 amide bonds. The van der Waals surface area contributed by atoms with Crippen LogP contribution in [0.2, 0.25) is 0 Å². The lowest BCUT2D eigenvalue weighted by atomic mass is 10.2. The van der Waals surface area contributed by atoms with E-state index in [0.29, 0.717) is 40.4 Å². The molecule has 2 heterocycles. The molecule has 0 unspecified atom stereocenters. The third kappa shape index (κ3) is 3.95. The number of benzene rings is 3. The highest BCUT2D eigenvalue weighted by Crippen LogP contribution is 2.32. The molecule has 3 aromatic carbocycles. The van der Waals surface area contributed by atoms with Crippen LogP contribution in [0.1, 0.15) is 5.56 Å². The van der Waals surface area contributed by atoms with Crippen molar-refractivity contribution in [1.82, 2.24) is 9.66 Å². The smallest absolute Gasteiger partial charge is 0.282 e. The first-order chi connectivity index (χ1) is 16.7. The van der Waals surface area contributed by atoms with Crippen molar-refractivity contribution >= 4 is 28.1 Å². The highest BCUT2D eigenvalue weighted by Gasteiger charge is 2.17. The summed E-state index contributed by atoms with van der Waals surface area (Å²) in [4.78, 5) is 18.1. The van der Waals surface area contributed by atoms with Crippen LogP contribution < -0.4 is 15.0 Å². The van der Waals surface area contributed by atoms with Crippen molar-refractivity contribution < 1.29 is 13.9 Å². The van der Waals surface area contributed by atoms with Crippen LogP contribution in [0.3, 0.4) is 0 Å². The first-order valence-corrected chi connectivity index (χ1v) is 10.6. The predicted molar refractivity (Wildman–Crippen MR) is 133 cm³/mol. The van der Waals surface area contributed by atoms with Crippen LogP contribution in [-0.2, 0) is 0 Å². The molecule has 7 nitrogen and oxygen atoms in total. The summed E-state index contributed by atoms with van der Waals surface area (Å²) in [5.74, 6) is 2.10. The second-order valence-electron chi connectivity index (χ2n) is 7.47. The van der Waals surface area contributed by atoms with Gasteiger partial charge in [-0.1, -0.05) is 30.9 Å². The van der Waals surface area contributed by atoms with Gasteiger partial charge in [0.1, 0.15) is 23.7 Å². The number of aromatic nitrogens is 2. The fourth-order valence-corrected chi connectivity index (χ4v) is 3.64. The van der Waals surface area contributed by atoms with Crippen LogP contribution >= 0.6 is 0 Å². The molecule has 0 aliphatic heterocycles. The van der Waals surface area contributed by atoms with E-state index in [0.717, 1.165) is 16.7 Å². The van der Waals surface area contributed by atoms with Crippen molar-refractivity contribution in [3.8, 4) is 23.1 Å². The average molecular weight is 451 g/mol. The SMILES string of the molecule is C=CCOc1ccc(C=Nn2c(-c3cc4c(OC)cccc4o3)nc3ccccc3c2=O)cc1. The molecule has 0 atom stereocenters. The van der Waals surface area contributed by atoms with E-state index in [1.807, 2.05) is 54.6 Å². The average Bonchev–Trinajstić information content (AvgIpc) is 3.32. The molecule has 0 fully saturated rings. The standard InChI is InChI=1S/C27H21N3O4/c1-3-15-33-19-13-11-18(12-14-19)17-28-30-26(29-22-8-5-4-7-20(22)27(30)31)25-16-21-23(32-2)9-6-10-24(21)34-25/h3-14,16-17H,1,15H2,2H3. The number of hydrogen-bond acceptors (Lipinski definition) is 6. The van der Waals surface area contributed by atoms with Gasteiger partial charge in [-0.2, -0.15) is 9.78 Å². The summed E-state index contributed by atoms with van der Waals surface area (Å²) in [5.41, 5.74) is 1.69. The lowest BCUT2D eigenvalue weighted by Crippen LogP contribution is -2.20. The Bertz CT molecular complexity index is 1580. The molecule has 0 radical (unpaired) electrons. The van der Waals surface area contributed by atoms with E-state index in [-0.39, 0.29) is 5.56 Å². The van der Waals surface area contributed by atoms with E-state index in [4.69, 9.17) is 18.9 Å². The number of nitrogens with zero attached hydrogens (tertiary/aromatic N) is 3. The van der Waals surface area contributed by atoms with Crippen molar-refractivity contribution in [2.24, 2.45) is 5.10 Å². The maximum atomic E-state index is 13.4. The lowest BCUT2D eigenvalue weighted by Gasteiger charge is -2.07. The summed E-state index contributed by atoms with van der Waals surface area (Å²) in [7, 11) is 1.60. The van der Waals surface area contributed by atoms with Crippen molar-refractivity contribution in [2.75, 3.05) is 13.7 Å². The molecule has 5 aromatic rings. The number of ether oxygens (including phenoxy) is 2. The Morgan fingerprint density at radius 3 is 2.68 bits per heavy atom. The minimum atomic E-state index is -0.296. The van der Waals surface area contributed by atoms with Gasteiger partial charge in [-0.25, -0.2) is 4.98 Å². The normalized spacial score (nSPS) is 11.3. The zero-order chi connectivity index (χ0) is 23.5. The number of methoxy groups -OCH3 is 1. The van der Waals surface area contributed by atoms with Crippen LogP contribution in [0.4, 0.5) is 0 Å². The highest BCUT2D eigenvalue weighted by atomic mass is 16.5. The molecule has 7 heteroatoms. The van der Waals surface area contributed by atoms with Crippen LogP contribution in [0, 0.1) is 0 Å². The fourth-order valence-electron chi connectivity index (χ4n) is 3.64. The maximum Gasteiger partial charge on any atom is 0.282 e. The molecule has 168 valence electrons. The number of fused-ring (bicyclic) bond motifs is 2. The molecular formula is C27H21N3O4. The zero-order valence-electron chi connectivity index (χ0n) is 18.5. The van der Waals surface area contributed by atoms with E-state index in [2.05, 4.69) is 11.7 Å². The maximum absolute atomic E-state index is 13.4. The summed E-state index contributed by atoms with van der Waals surface area (Å²) in [6, 6.07) is 21.9. The van der Waals surface area contributed by atoms with Gasteiger partial charge in [-0.15, -0.1) is 0 Å². The van der Waals surface area contributed by atoms with Gasteiger partial charge in [0, 0.05) is 0 Å². The number of hydrogen-bond donors (Lipinski definition) is 0. The molecule has 0 aliphatic carbocycles. The first kappa shape index (κ1) is 21.2. The van der Waals surface area contributed by atoms with Crippen LogP contribution in [0.15, 0.2) is 99.8 Å². The molecule has 34 heavy (non-hydrogen) atoms. The summed E-state index contributed by atoms with van der Waals surface area (Å²) in [6.45, 7) is 4.07. The van der Waals surface area contributed by atoms with Crippen molar-refractivity contribution in [3.63, 3.8) is 0 Å². The van der Waals surface area contributed by atoms with Crippen molar-refractivity contribution in [2.45, 2.75) is 0 Å². The van der Waals surface area contributed by atoms with Gasteiger partial charge < -0.3 is 13.9 Å². The number of rotatable bonds is 7. The van der Waals surface area contributed by atoms with E-state index in [1.165, 1.54) is 4.68 Å². The Hall–Kier alpha value is -4.65.